The van der Waals surface area contributed by atoms with Gasteiger partial charge in [0, 0.05) is 19.9 Å². The summed E-state index contributed by atoms with van der Waals surface area (Å²) < 4.78 is 26.2. The molecule has 2 nitrogen and oxygen atoms in total. The van der Waals surface area contributed by atoms with Crippen LogP contribution in [0.2, 0.25) is 0 Å². The molecule has 0 saturated carbocycles. The standard InChI is InChI=1S/C12H11F2NO/c1-9(16)15-8-3-2-5-10-11(13)6-4-7-12(10)14/h4,6-7H,3,8H2,1H3,(H,15,16). The van der Waals surface area contributed by atoms with Gasteiger partial charge in [-0.3, -0.25) is 4.79 Å². The third kappa shape index (κ3) is 3.70. The molecule has 16 heavy (non-hydrogen) atoms. The Labute approximate surface area is 92.7 Å². The quantitative estimate of drug-likeness (QED) is 0.601. The second kappa shape index (κ2) is 5.86. The summed E-state index contributed by atoms with van der Waals surface area (Å²) in [6.07, 6.45) is 0.355. The Morgan fingerprint density at radius 1 is 1.38 bits per heavy atom. The van der Waals surface area contributed by atoms with Gasteiger partial charge >= 0.3 is 0 Å². The molecule has 0 heterocycles. The Morgan fingerprint density at radius 3 is 2.56 bits per heavy atom. The molecule has 0 aliphatic heterocycles. The van der Waals surface area contributed by atoms with Crippen molar-refractivity contribution in [3.63, 3.8) is 0 Å². The van der Waals surface area contributed by atoms with Gasteiger partial charge in [-0.25, -0.2) is 8.78 Å². The van der Waals surface area contributed by atoms with E-state index in [0.29, 0.717) is 13.0 Å². The molecule has 1 aromatic carbocycles. The molecule has 0 aromatic heterocycles. The lowest BCUT2D eigenvalue weighted by Crippen LogP contribution is -2.20. The molecule has 1 N–H and O–H groups in total. The second-order valence-corrected chi connectivity index (χ2v) is 3.13. The van der Waals surface area contributed by atoms with E-state index >= 15 is 0 Å². The minimum Gasteiger partial charge on any atom is -0.355 e. The fourth-order valence-corrected chi connectivity index (χ4v) is 1.07. The molecule has 0 aliphatic carbocycles. The number of carbonyl (C=O) groups is 1. The van der Waals surface area contributed by atoms with Crippen LogP contribution in [0.25, 0.3) is 0 Å². The predicted octanol–water partition coefficient (Wildman–Crippen LogP) is 1.84. The van der Waals surface area contributed by atoms with Crippen LogP contribution in [-0.2, 0) is 4.79 Å². The van der Waals surface area contributed by atoms with Gasteiger partial charge in [0.25, 0.3) is 0 Å². The first-order valence-corrected chi connectivity index (χ1v) is 4.78. The van der Waals surface area contributed by atoms with Gasteiger partial charge in [-0.05, 0) is 12.1 Å². The van der Waals surface area contributed by atoms with Crippen LogP contribution in [0.4, 0.5) is 8.78 Å². The Hall–Kier alpha value is -1.89. The van der Waals surface area contributed by atoms with Gasteiger partial charge < -0.3 is 5.32 Å². The monoisotopic (exact) mass is 223 g/mol. The van der Waals surface area contributed by atoms with E-state index in [9.17, 15) is 13.6 Å². The normalized spacial score (nSPS) is 9.19. The lowest BCUT2D eigenvalue weighted by molar-refractivity contribution is -0.118. The van der Waals surface area contributed by atoms with Gasteiger partial charge in [0.15, 0.2) is 0 Å². The average molecular weight is 223 g/mol. The molecule has 1 rings (SSSR count). The summed E-state index contributed by atoms with van der Waals surface area (Å²) in [6.45, 7) is 1.77. The van der Waals surface area contributed by atoms with E-state index in [1.54, 1.807) is 0 Å². The minimum atomic E-state index is -0.674. The molecule has 1 aromatic rings. The van der Waals surface area contributed by atoms with Crippen molar-refractivity contribution in [3.8, 4) is 11.8 Å². The van der Waals surface area contributed by atoms with Crippen LogP contribution in [0.5, 0.6) is 0 Å². The van der Waals surface area contributed by atoms with Crippen molar-refractivity contribution < 1.29 is 13.6 Å². The molecule has 0 atom stereocenters. The number of hydrogen-bond acceptors (Lipinski definition) is 1. The second-order valence-electron chi connectivity index (χ2n) is 3.13. The van der Waals surface area contributed by atoms with Crippen LogP contribution in [0.15, 0.2) is 18.2 Å². The molecule has 0 fully saturated rings. The Kier molecular flexibility index (Phi) is 4.46. The molecule has 0 radical (unpaired) electrons. The molecule has 84 valence electrons. The van der Waals surface area contributed by atoms with E-state index in [1.165, 1.54) is 13.0 Å². The van der Waals surface area contributed by atoms with Crippen molar-refractivity contribution in [1.82, 2.24) is 5.32 Å². The Bertz CT molecular complexity index is 426. The predicted molar refractivity (Wildman–Crippen MR) is 56.5 cm³/mol. The van der Waals surface area contributed by atoms with E-state index in [2.05, 4.69) is 17.2 Å². The fraction of sp³-hybridized carbons (Fsp3) is 0.250. The lowest BCUT2D eigenvalue weighted by Gasteiger charge is -1.96. The molecule has 0 bridgehead atoms. The van der Waals surface area contributed by atoms with Crippen LogP contribution in [0.1, 0.15) is 18.9 Å². The van der Waals surface area contributed by atoms with E-state index in [4.69, 9.17) is 0 Å². The van der Waals surface area contributed by atoms with Crippen LogP contribution in [0.3, 0.4) is 0 Å². The highest BCUT2D eigenvalue weighted by Gasteiger charge is 2.03. The van der Waals surface area contributed by atoms with Gasteiger partial charge in [-0.1, -0.05) is 17.9 Å². The number of rotatable bonds is 2. The first-order valence-electron chi connectivity index (χ1n) is 4.78. The fourth-order valence-electron chi connectivity index (χ4n) is 1.07. The summed E-state index contributed by atoms with van der Waals surface area (Å²) in [5, 5.41) is 2.53. The molecule has 1 amide bonds. The van der Waals surface area contributed by atoms with E-state index in [1.807, 2.05) is 0 Å². The van der Waals surface area contributed by atoms with Crippen LogP contribution in [0, 0.1) is 23.5 Å². The molecule has 0 aliphatic rings. The van der Waals surface area contributed by atoms with Crippen molar-refractivity contribution in [2.45, 2.75) is 13.3 Å². The van der Waals surface area contributed by atoms with Crippen molar-refractivity contribution in [2.24, 2.45) is 0 Å². The maximum absolute atomic E-state index is 13.1. The largest absolute Gasteiger partial charge is 0.355 e. The van der Waals surface area contributed by atoms with Crippen LogP contribution >= 0.6 is 0 Å². The summed E-state index contributed by atoms with van der Waals surface area (Å²) in [4.78, 5) is 10.5. The smallest absolute Gasteiger partial charge is 0.216 e. The minimum absolute atomic E-state index is 0.154. The van der Waals surface area contributed by atoms with Crippen LogP contribution < -0.4 is 5.32 Å². The van der Waals surface area contributed by atoms with Gasteiger partial charge in [-0.2, -0.15) is 0 Å². The number of nitrogens with one attached hydrogen (secondary N) is 1. The maximum atomic E-state index is 13.1. The summed E-state index contributed by atoms with van der Waals surface area (Å²) in [5.74, 6) is 3.50. The van der Waals surface area contributed by atoms with Crippen molar-refractivity contribution in [3.05, 3.63) is 35.4 Å². The van der Waals surface area contributed by atoms with Crippen molar-refractivity contribution >= 4 is 5.91 Å². The van der Waals surface area contributed by atoms with Gasteiger partial charge in [-0.15, -0.1) is 0 Å². The number of halogens is 2. The first-order chi connectivity index (χ1) is 7.61. The Morgan fingerprint density at radius 2 is 2.00 bits per heavy atom. The third-order valence-corrected chi connectivity index (χ3v) is 1.80. The number of carbonyl (C=O) groups excluding carboxylic acids is 1. The maximum Gasteiger partial charge on any atom is 0.216 e. The molecule has 4 heteroatoms. The van der Waals surface area contributed by atoms with Gasteiger partial charge in [0.05, 0.1) is 5.56 Å². The highest BCUT2D eigenvalue weighted by Crippen LogP contribution is 2.09. The van der Waals surface area contributed by atoms with Crippen LogP contribution in [-0.4, -0.2) is 12.5 Å². The molecular weight excluding hydrogens is 212 g/mol. The molecule has 0 saturated heterocycles. The van der Waals surface area contributed by atoms with Crippen molar-refractivity contribution in [1.29, 1.82) is 0 Å². The average Bonchev–Trinajstić information content (AvgIpc) is 2.21. The van der Waals surface area contributed by atoms with E-state index in [-0.39, 0.29) is 11.5 Å². The SMILES string of the molecule is CC(=O)NCCC#Cc1c(F)cccc1F. The molecule has 0 spiro atoms. The number of benzene rings is 1. The zero-order chi connectivity index (χ0) is 12.0. The number of hydrogen-bond donors (Lipinski definition) is 1. The zero-order valence-electron chi connectivity index (χ0n) is 8.81. The van der Waals surface area contributed by atoms with E-state index in [0.717, 1.165) is 12.1 Å². The summed E-state index contributed by atoms with van der Waals surface area (Å²) >= 11 is 0. The molecule has 0 unspecified atom stereocenters. The highest BCUT2D eigenvalue weighted by atomic mass is 19.1. The molecular formula is C12H11F2NO. The Balaban J connectivity index is 2.60. The zero-order valence-corrected chi connectivity index (χ0v) is 8.81. The first kappa shape index (κ1) is 12.2. The summed E-state index contributed by atoms with van der Waals surface area (Å²) in [6, 6.07) is 3.59. The highest BCUT2D eigenvalue weighted by molar-refractivity contribution is 5.72. The lowest BCUT2D eigenvalue weighted by atomic mass is 10.2. The topological polar surface area (TPSA) is 29.1 Å². The van der Waals surface area contributed by atoms with Gasteiger partial charge in [0.1, 0.15) is 11.6 Å². The number of amides is 1. The van der Waals surface area contributed by atoms with Gasteiger partial charge in [0.2, 0.25) is 5.91 Å². The third-order valence-electron chi connectivity index (χ3n) is 1.80. The van der Waals surface area contributed by atoms with Crippen molar-refractivity contribution in [2.75, 3.05) is 6.54 Å². The summed E-state index contributed by atoms with van der Waals surface area (Å²) in [7, 11) is 0. The summed E-state index contributed by atoms with van der Waals surface area (Å²) in [5.41, 5.74) is -0.231. The van der Waals surface area contributed by atoms with E-state index < -0.39 is 11.6 Å².